The minimum absolute atomic E-state index is 0.0282. The second-order valence-electron chi connectivity index (χ2n) is 6.24. The Bertz CT molecular complexity index is 697. The molecule has 1 aromatic heterocycles. The van der Waals surface area contributed by atoms with Crippen LogP contribution in [0.2, 0.25) is 0 Å². The summed E-state index contributed by atoms with van der Waals surface area (Å²) in [5.41, 5.74) is 1.87. The fraction of sp³-hybridized carbons (Fsp3) is 0.529. The zero-order valence-electron chi connectivity index (χ0n) is 13.1. The van der Waals surface area contributed by atoms with Crippen molar-refractivity contribution in [2.45, 2.75) is 51.0 Å². The van der Waals surface area contributed by atoms with Gasteiger partial charge in [0.15, 0.2) is 12.1 Å². The first kappa shape index (κ1) is 14.8. The van der Waals surface area contributed by atoms with E-state index in [9.17, 15) is 4.39 Å². The SMILES string of the molecule is CC(OC1CCCCO1)C1Cn2ncnc2-c2ccc(F)cc21. The first-order chi connectivity index (χ1) is 11.2. The zero-order chi connectivity index (χ0) is 15.8. The van der Waals surface area contributed by atoms with Gasteiger partial charge in [-0.2, -0.15) is 5.10 Å². The van der Waals surface area contributed by atoms with E-state index < -0.39 is 0 Å². The highest BCUT2D eigenvalue weighted by Gasteiger charge is 2.32. The molecule has 0 spiro atoms. The van der Waals surface area contributed by atoms with Crippen molar-refractivity contribution in [1.29, 1.82) is 0 Å². The number of halogens is 1. The van der Waals surface area contributed by atoms with Gasteiger partial charge in [0, 0.05) is 18.1 Å². The van der Waals surface area contributed by atoms with E-state index in [1.165, 1.54) is 6.07 Å². The third-order valence-electron chi connectivity index (χ3n) is 4.71. The lowest BCUT2D eigenvalue weighted by Crippen LogP contribution is -2.33. The first-order valence-corrected chi connectivity index (χ1v) is 8.17. The van der Waals surface area contributed by atoms with E-state index >= 15 is 0 Å². The predicted octanol–water partition coefficient (Wildman–Crippen LogP) is 3.11. The normalized spacial score (nSPS) is 24.8. The van der Waals surface area contributed by atoms with Crippen LogP contribution in [0.1, 0.15) is 37.7 Å². The summed E-state index contributed by atoms with van der Waals surface area (Å²) in [4.78, 5) is 4.30. The molecule has 0 aliphatic carbocycles. The van der Waals surface area contributed by atoms with Crippen molar-refractivity contribution in [1.82, 2.24) is 14.8 Å². The van der Waals surface area contributed by atoms with Gasteiger partial charge in [-0.25, -0.2) is 14.1 Å². The Hall–Kier alpha value is -1.79. The highest BCUT2D eigenvalue weighted by molar-refractivity contribution is 5.63. The molecule has 0 N–H and O–H groups in total. The molecule has 2 aliphatic heterocycles. The lowest BCUT2D eigenvalue weighted by atomic mass is 9.87. The van der Waals surface area contributed by atoms with Crippen molar-refractivity contribution in [2.24, 2.45) is 0 Å². The first-order valence-electron chi connectivity index (χ1n) is 8.17. The van der Waals surface area contributed by atoms with Gasteiger partial charge in [0.05, 0.1) is 12.6 Å². The van der Waals surface area contributed by atoms with Crippen LogP contribution in [-0.2, 0) is 16.0 Å². The van der Waals surface area contributed by atoms with Crippen molar-refractivity contribution in [3.8, 4) is 11.4 Å². The number of rotatable bonds is 3. The molecule has 5 nitrogen and oxygen atoms in total. The van der Waals surface area contributed by atoms with Crippen LogP contribution in [0.3, 0.4) is 0 Å². The molecule has 3 unspecified atom stereocenters. The van der Waals surface area contributed by atoms with Gasteiger partial charge in [-0.1, -0.05) is 0 Å². The van der Waals surface area contributed by atoms with E-state index in [0.29, 0.717) is 6.54 Å². The Kier molecular flexibility index (Phi) is 3.87. The molecule has 0 saturated carbocycles. The van der Waals surface area contributed by atoms with E-state index in [4.69, 9.17) is 9.47 Å². The molecule has 6 heteroatoms. The predicted molar refractivity (Wildman–Crippen MR) is 82.3 cm³/mol. The van der Waals surface area contributed by atoms with Crippen molar-refractivity contribution in [3.05, 3.63) is 35.9 Å². The minimum Gasteiger partial charge on any atom is -0.353 e. The van der Waals surface area contributed by atoms with E-state index in [-0.39, 0.29) is 24.1 Å². The average Bonchev–Trinajstić information content (AvgIpc) is 3.03. The van der Waals surface area contributed by atoms with Gasteiger partial charge in [-0.3, -0.25) is 0 Å². The van der Waals surface area contributed by atoms with Crippen molar-refractivity contribution >= 4 is 0 Å². The van der Waals surface area contributed by atoms with E-state index in [0.717, 1.165) is 42.8 Å². The Morgan fingerprint density at radius 3 is 3.13 bits per heavy atom. The average molecular weight is 317 g/mol. The molecule has 0 amide bonds. The maximum atomic E-state index is 13.8. The number of nitrogens with zero attached hydrogens (tertiary/aromatic N) is 3. The van der Waals surface area contributed by atoms with Crippen LogP contribution in [0.5, 0.6) is 0 Å². The molecule has 0 bridgehead atoms. The summed E-state index contributed by atoms with van der Waals surface area (Å²) in [5, 5.41) is 4.28. The Morgan fingerprint density at radius 2 is 2.30 bits per heavy atom. The fourth-order valence-electron chi connectivity index (χ4n) is 3.49. The highest BCUT2D eigenvalue weighted by atomic mass is 19.1. The molecule has 1 saturated heterocycles. The molecule has 4 rings (SSSR count). The molecule has 1 fully saturated rings. The molecule has 122 valence electrons. The molecule has 3 atom stereocenters. The summed E-state index contributed by atoms with van der Waals surface area (Å²) < 4.78 is 27.4. The Labute approximate surface area is 134 Å². The topological polar surface area (TPSA) is 49.2 Å². The maximum Gasteiger partial charge on any atom is 0.158 e. The third-order valence-corrected chi connectivity index (χ3v) is 4.71. The van der Waals surface area contributed by atoms with Gasteiger partial charge in [0.1, 0.15) is 12.1 Å². The summed E-state index contributed by atoms with van der Waals surface area (Å²) >= 11 is 0. The zero-order valence-corrected chi connectivity index (χ0v) is 13.1. The highest BCUT2D eigenvalue weighted by Crippen LogP contribution is 2.38. The number of hydrogen-bond acceptors (Lipinski definition) is 4. The number of aromatic nitrogens is 3. The smallest absolute Gasteiger partial charge is 0.158 e. The van der Waals surface area contributed by atoms with E-state index in [1.807, 2.05) is 11.6 Å². The summed E-state index contributed by atoms with van der Waals surface area (Å²) in [6.07, 6.45) is 4.43. The van der Waals surface area contributed by atoms with Crippen molar-refractivity contribution in [2.75, 3.05) is 6.61 Å². The summed E-state index contributed by atoms with van der Waals surface area (Å²) in [5.74, 6) is 0.584. The molecular formula is C17H20FN3O2. The number of hydrogen-bond donors (Lipinski definition) is 0. The van der Waals surface area contributed by atoms with Crippen LogP contribution in [0.15, 0.2) is 24.5 Å². The summed E-state index contributed by atoms with van der Waals surface area (Å²) in [6.45, 7) is 3.42. The lowest BCUT2D eigenvalue weighted by molar-refractivity contribution is -0.189. The van der Waals surface area contributed by atoms with E-state index in [2.05, 4.69) is 10.1 Å². The van der Waals surface area contributed by atoms with Gasteiger partial charge in [0.2, 0.25) is 0 Å². The van der Waals surface area contributed by atoms with Gasteiger partial charge in [0.25, 0.3) is 0 Å². The van der Waals surface area contributed by atoms with Crippen LogP contribution < -0.4 is 0 Å². The molecular weight excluding hydrogens is 297 g/mol. The van der Waals surface area contributed by atoms with Gasteiger partial charge in [-0.05, 0) is 49.9 Å². The molecule has 2 aromatic rings. The van der Waals surface area contributed by atoms with Gasteiger partial charge < -0.3 is 9.47 Å². The van der Waals surface area contributed by atoms with E-state index in [1.54, 1.807) is 18.5 Å². The van der Waals surface area contributed by atoms with Crippen LogP contribution in [0, 0.1) is 5.82 Å². The second-order valence-corrected chi connectivity index (χ2v) is 6.24. The maximum absolute atomic E-state index is 13.8. The lowest BCUT2D eigenvalue weighted by Gasteiger charge is -2.33. The molecule has 1 aromatic carbocycles. The van der Waals surface area contributed by atoms with Crippen molar-refractivity contribution < 1.29 is 13.9 Å². The fourth-order valence-corrected chi connectivity index (χ4v) is 3.49. The number of ether oxygens (including phenoxy) is 2. The van der Waals surface area contributed by atoms with Crippen LogP contribution in [0.4, 0.5) is 4.39 Å². The third kappa shape index (κ3) is 2.77. The second kappa shape index (κ2) is 6.02. The molecule has 23 heavy (non-hydrogen) atoms. The largest absolute Gasteiger partial charge is 0.353 e. The van der Waals surface area contributed by atoms with Crippen molar-refractivity contribution in [3.63, 3.8) is 0 Å². The van der Waals surface area contributed by atoms with Crippen LogP contribution in [-0.4, -0.2) is 33.8 Å². The monoisotopic (exact) mass is 317 g/mol. The van der Waals surface area contributed by atoms with Gasteiger partial charge in [-0.15, -0.1) is 0 Å². The Morgan fingerprint density at radius 1 is 1.39 bits per heavy atom. The summed E-state index contributed by atoms with van der Waals surface area (Å²) in [7, 11) is 0. The van der Waals surface area contributed by atoms with Gasteiger partial charge >= 0.3 is 0 Å². The minimum atomic E-state index is -0.233. The number of fused-ring (bicyclic) bond motifs is 3. The van der Waals surface area contributed by atoms with Crippen LogP contribution >= 0.6 is 0 Å². The quantitative estimate of drug-likeness (QED) is 0.873. The van der Waals surface area contributed by atoms with Crippen LogP contribution in [0.25, 0.3) is 11.4 Å². The molecule has 3 heterocycles. The summed E-state index contributed by atoms with van der Waals surface area (Å²) in [6, 6.07) is 4.84. The molecule has 2 aliphatic rings. The standard InChI is InChI=1S/C17H20FN3O2/c1-11(23-16-4-2-3-7-22-16)15-9-21-17(19-10-20-21)13-6-5-12(18)8-14(13)15/h5-6,8,10-11,15-16H,2-4,7,9H2,1H3. The number of benzene rings is 1. The Balaban J connectivity index is 1.63. The molecule has 0 radical (unpaired) electrons.